The molecule has 0 aromatic heterocycles. The van der Waals surface area contributed by atoms with Gasteiger partial charge in [0.25, 0.3) is 0 Å². The van der Waals surface area contributed by atoms with E-state index in [0.717, 1.165) is 36.3 Å². The molecule has 2 heteroatoms. The van der Waals surface area contributed by atoms with Gasteiger partial charge in [-0.1, -0.05) is 75.8 Å². The van der Waals surface area contributed by atoms with Crippen LogP contribution < -0.4 is 4.74 Å². The highest BCUT2D eigenvalue weighted by Gasteiger charge is 2.13. The minimum Gasteiger partial charge on any atom is -0.491 e. The molecule has 1 aliphatic carbocycles. The summed E-state index contributed by atoms with van der Waals surface area (Å²) < 4.78 is 20.1. The summed E-state index contributed by atoms with van der Waals surface area (Å²) in [6, 6.07) is 14.0. The van der Waals surface area contributed by atoms with E-state index < -0.39 is 0 Å². The first-order valence-electron chi connectivity index (χ1n) is 11.6. The van der Waals surface area contributed by atoms with Crippen molar-refractivity contribution in [3.63, 3.8) is 0 Å². The van der Waals surface area contributed by atoms with E-state index in [1.54, 1.807) is 12.1 Å². The predicted molar refractivity (Wildman–Crippen MR) is 121 cm³/mol. The molecule has 3 rings (SSSR count). The average Bonchev–Trinajstić information content (AvgIpc) is 2.77. The van der Waals surface area contributed by atoms with Gasteiger partial charge in [0.1, 0.15) is 0 Å². The summed E-state index contributed by atoms with van der Waals surface area (Å²) in [6.07, 6.45) is 16.0. The topological polar surface area (TPSA) is 9.23 Å². The molecule has 0 spiro atoms. The van der Waals surface area contributed by atoms with E-state index in [0.29, 0.717) is 12.4 Å². The van der Waals surface area contributed by atoms with Crippen molar-refractivity contribution < 1.29 is 9.13 Å². The average molecular weight is 396 g/mol. The summed E-state index contributed by atoms with van der Waals surface area (Å²) >= 11 is 0. The molecule has 29 heavy (non-hydrogen) atoms. The first-order valence-corrected chi connectivity index (χ1v) is 11.6. The van der Waals surface area contributed by atoms with Crippen LogP contribution in [0.5, 0.6) is 5.75 Å². The molecule has 0 unspecified atom stereocenters. The fourth-order valence-corrected chi connectivity index (χ4v) is 4.20. The van der Waals surface area contributed by atoms with Crippen molar-refractivity contribution in [2.24, 2.45) is 5.92 Å². The van der Waals surface area contributed by atoms with E-state index in [1.165, 1.54) is 56.9 Å². The van der Waals surface area contributed by atoms with Gasteiger partial charge < -0.3 is 4.74 Å². The van der Waals surface area contributed by atoms with Gasteiger partial charge in [-0.3, -0.25) is 0 Å². The van der Waals surface area contributed by atoms with Gasteiger partial charge in [0.15, 0.2) is 11.6 Å². The molecule has 1 fully saturated rings. The maximum Gasteiger partial charge on any atom is 0.165 e. The van der Waals surface area contributed by atoms with Crippen molar-refractivity contribution in [2.45, 2.75) is 77.6 Å². The third kappa shape index (κ3) is 7.17. The van der Waals surface area contributed by atoms with Gasteiger partial charge in [0.05, 0.1) is 6.61 Å². The van der Waals surface area contributed by atoms with Crippen LogP contribution in [-0.2, 0) is 6.42 Å². The third-order valence-electron chi connectivity index (χ3n) is 6.12. The van der Waals surface area contributed by atoms with Gasteiger partial charge in [-0.2, -0.15) is 0 Å². The molecule has 2 aromatic rings. The minimum absolute atomic E-state index is 0.269. The second-order valence-electron chi connectivity index (χ2n) is 8.45. The number of aryl methyl sites for hydroxylation is 1. The molecule has 157 valence electrons. The first kappa shape index (κ1) is 21.9. The van der Waals surface area contributed by atoms with Crippen LogP contribution in [0.15, 0.2) is 42.5 Å². The highest BCUT2D eigenvalue weighted by molar-refractivity contribution is 5.64. The molecule has 2 aromatic carbocycles. The fourth-order valence-electron chi connectivity index (χ4n) is 4.20. The van der Waals surface area contributed by atoms with Crippen molar-refractivity contribution in [3.05, 3.63) is 60.3 Å². The molecule has 0 saturated heterocycles. The van der Waals surface area contributed by atoms with Crippen molar-refractivity contribution in [3.8, 4) is 16.9 Å². The molecule has 0 heterocycles. The summed E-state index contributed by atoms with van der Waals surface area (Å²) in [5.74, 6) is 0.979. The number of halogens is 1. The molecule has 0 amide bonds. The Morgan fingerprint density at radius 1 is 0.897 bits per heavy atom. The van der Waals surface area contributed by atoms with E-state index in [-0.39, 0.29) is 5.82 Å². The van der Waals surface area contributed by atoms with Gasteiger partial charge in [-0.25, -0.2) is 4.39 Å². The Hall–Kier alpha value is -1.83. The monoisotopic (exact) mass is 395 g/mol. The van der Waals surface area contributed by atoms with Crippen LogP contribution in [0.2, 0.25) is 0 Å². The lowest BCUT2D eigenvalue weighted by Gasteiger charge is -2.21. The standard InChI is InChI=1S/C27H36FO/c1-2-3-4-5-9-20-29-27-19-18-25(21-26(27)28)24-16-14-23(15-17-24)13-12-22-10-7-6-8-11-22/h6,14-19,21-22H,2-5,7-13,20H2,1H3. The van der Waals surface area contributed by atoms with Gasteiger partial charge in [0, 0.05) is 0 Å². The van der Waals surface area contributed by atoms with Crippen molar-refractivity contribution in [1.29, 1.82) is 0 Å². The Labute approximate surface area is 176 Å². The van der Waals surface area contributed by atoms with Crippen LogP contribution in [0, 0.1) is 18.2 Å². The molecule has 1 aliphatic rings. The number of ether oxygens (including phenoxy) is 1. The summed E-state index contributed by atoms with van der Waals surface area (Å²) in [5.41, 5.74) is 3.35. The predicted octanol–water partition coefficient (Wildman–Crippen LogP) is 8.17. The van der Waals surface area contributed by atoms with Gasteiger partial charge in [0.2, 0.25) is 0 Å². The Morgan fingerprint density at radius 2 is 1.62 bits per heavy atom. The van der Waals surface area contributed by atoms with E-state index in [9.17, 15) is 4.39 Å². The second-order valence-corrected chi connectivity index (χ2v) is 8.45. The summed E-state index contributed by atoms with van der Waals surface area (Å²) in [7, 11) is 0. The molecule has 0 bridgehead atoms. The molecule has 1 radical (unpaired) electrons. The summed E-state index contributed by atoms with van der Waals surface area (Å²) in [4.78, 5) is 0. The van der Waals surface area contributed by atoms with Gasteiger partial charge in [-0.05, 0) is 73.3 Å². The molecule has 0 N–H and O–H groups in total. The highest BCUT2D eigenvalue weighted by atomic mass is 19.1. The minimum atomic E-state index is -0.269. The Balaban J connectivity index is 1.48. The van der Waals surface area contributed by atoms with Crippen LogP contribution >= 0.6 is 0 Å². The largest absolute Gasteiger partial charge is 0.491 e. The maximum absolute atomic E-state index is 14.4. The number of unbranched alkanes of at least 4 members (excludes halogenated alkanes) is 4. The molecule has 0 atom stereocenters. The zero-order chi connectivity index (χ0) is 20.3. The lowest BCUT2D eigenvalue weighted by Crippen LogP contribution is -2.07. The first-order chi connectivity index (χ1) is 14.3. The smallest absolute Gasteiger partial charge is 0.165 e. The second kappa shape index (κ2) is 12.0. The zero-order valence-electron chi connectivity index (χ0n) is 18.0. The van der Waals surface area contributed by atoms with Crippen LogP contribution in [0.3, 0.4) is 0 Å². The Kier molecular flexibility index (Phi) is 9.05. The number of benzene rings is 2. The van der Waals surface area contributed by atoms with E-state index in [2.05, 4.69) is 37.6 Å². The number of rotatable bonds is 11. The van der Waals surface area contributed by atoms with Crippen LogP contribution in [0.25, 0.3) is 11.1 Å². The van der Waals surface area contributed by atoms with Gasteiger partial charge >= 0.3 is 0 Å². The van der Waals surface area contributed by atoms with E-state index in [4.69, 9.17) is 4.74 Å². The van der Waals surface area contributed by atoms with Crippen LogP contribution in [-0.4, -0.2) is 6.61 Å². The lowest BCUT2D eigenvalue weighted by atomic mass is 9.85. The zero-order valence-corrected chi connectivity index (χ0v) is 18.0. The molecule has 1 saturated carbocycles. The normalized spacial score (nSPS) is 14.8. The van der Waals surface area contributed by atoms with Crippen molar-refractivity contribution in [2.75, 3.05) is 6.61 Å². The maximum atomic E-state index is 14.4. The van der Waals surface area contributed by atoms with Crippen molar-refractivity contribution >= 4 is 0 Å². The summed E-state index contributed by atoms with van der Waals surface area (Å²) in [6.45, 7) is 2.80. The fraction of sp³-hybridized carbons (Fsp3) is 0.519. The van der Waals surface area contributed by atoms with Crippen LogP contribution in [0.1, 0.15) is 76.7 Å². The van der Waals surface area contributed by atoms with Gasteiger partial charge in [-0.15, -0.1) is 0 Å². The highest BCUT2D eigenvalue weighted by Crippen LogP contribution is 2.29. The van der Waals surface area contributed by atoms with Crippen molar-refractivity contribution in [1.82, 2.24) is 0 Å². The number of hydrogen-bond donors (Lipinski definition) is 0. The van der Waals surface area contributed by atoms with E-state index >= 15 is 0 Å². The van der Waals surface area contributed by atoms with Crippen LogP contribution in [0.4, 0.5) is 4.39 Å². The summed E-state index contributed by atoms with van der Waals surface area (Å²) in [5, 5.41) is 0. The third-order valence-corrected chi connectivity index (χ3v) is 6.12. The molecule has 0 aliphatic heterocycles. The number of hydrogen-bond acceptors (Lipinski definition) is 1. The molecular formula is C27H36FO. The molecule has 1 nitrogen and oxygen atoms in total. The lowest BCUT2D eigenvalue weighted by molar-refractivity contribution is 0.290. The Bertz CT molecular complexity index is 716. The quantitative estimate of drug-likeness (QED) is 0.349. The Morgan fingerprint density at radius 3 is 2.34 bits per heavy atom. The van der Waals surface area contributed by atoms with E-state index in [1.807, 2.05) is 6.07 Å². The molecular weight excluding hydrogens is 359 g/mol. The SMILES string of the molecule is CCCCCCCOc1ccc(-c2ccc(CCC3CC[CH]CC3)cc2)cc1F.